The highest BCUT2D eigenvalue weighted by Crippen LogP contribution is 1.77. The molecule has 0 spiro atoms. The molecule has 0 aromatic carbocycles. The van der Waals surface area contributed by atoms with Gasteiger partial charge in [-0.15, -0.1) is 0 Å². The molecule has 0 aliphatic rings. The lowest BCUT2D eigenvalue weighted by Gasteiger charge is -2.04. The minimum atomic E-state index is 0.0648. The van der Waals surface area contributed by atoms with E-state index < -0.39 is 0 Å². The molecule has 0 saturated carbocycles. The number of hydrogen-bond donors (Lipinski definition) is 2. The van der Waals surface area contributed by atoms with Crippen LogP contribution in [0.5, 0.6) is 0 Å². The number of carbonyl (C=O) groups is 1. The van der Waals surface area contributed by atoms with E-state index in [0.717, 1.165) is 6.54 Å². The number of rotatable bonds is 8. The molecule has 14 heavy (non-hydrogen) atoms. The second kappa shape index (κ2) is 10.2. The Kier molecular flexibility index (Phi) is 9.58. The summed E-state index contributed by atoms with van der Waals surface area (Å²) in [4.78, 5) is 11.1. The van der Waals surface area contributed by atoms with Crippen LogP contribution in [0.25, 0.3) is 0 Å². The van der Waals surface area contributed by atoms with Crippen molar-refractivity contribution in [1.82, 2.24) is 10.6 Å². The highest BCUT2D eigenvalue weighted by atomic mass is 16.5. The van der Waals surface area contributed by atoms with Crippen LogP contribution < -0.4 is 10.6 Å². The van der Waals surface area contributed by atoms with Crippen molar-refractivity contribution < 1.29 is 9.53 Å². The number of allylic oxidation sites excluding steroid dienone is 1. The molecule has 0 rings (SSSR count). The Balaban J connectivity index is 3.18. The lowest BCUT2D eigenvalue weighted by molar-refractivity contribution is -0.121. The van der Waals surface area contributed by atoms with Crippen molar-refractivity contribution in [2.75, 3.05) is 33.4 Å². The zero-order valence-corrected chi connectivity index (χ0v) is 9.01. The topological polar surface area (TPSA) is 50.4 Å². The first-order valence-electron chi connectivity index (χ1n) is 4.88. The maximum atomic E-state index is 11.1. The Bertz CT molecular complexity index is 170. The third-order valence-electron chi connectivity index (χ3n) is 1.66. The van der Waals surface area contributed by atoms with Crippen molar-refractivity contribution in [2.24, 2.45) is 0 Å². The van der Waals surface area contributed by atoms with Gasteiger partial charge in [-0.25, -0.2) is 0 Å². The molecule has 0 bridgehead atoms. The van der Waals surface area contributed by atoms with Gasteiger partial charge >= 0.3 is 0 Å². The second-order valence-electron chi connectivity index (χ2n) is 2.87. The van der Waals surface area contributed by atoms with Gasteiger partial charge in [-0.2, -0.15) is 0 Å². The summed E-state index contributed by atoms with van der Waals surface area (Å²) in [6, 6.07) is 0. The highest BCUT2D eigenvalue weighted by molar-refractivity contribution is 5.75. The van der Waals surface area contributed by atoms with Crippen LogP contribution in [0.15, 0.2) is 12.2 Å². The Morgan fingerprint density at radius 1 is 1.43 bits per heavy atom. The van der Waals surface area contributed by atoms with E-state index in [-0.39, 0.29) is 5.91 Å². The zero-order chi connectivity index (χ0) is 10.6. The average Bonchev–Trinajstić information content (AvgIpc) is 2.18. The Morgan fingerprint density at radius 2 is 2.21 bits per heavy atom. The van der Waals surface area contributed by atoms with E-state index in [9.17, 15) is 4.79 Å². The van der Waals surface area contributed by atoms with Crippen molar-refractivity contribution >= 4 is 5.91 Å². The van der Waals surface area contributed by atoms with Crippen LogP contribution in [0.2, 0.25) is 0 Å². The number of ether oxygens (including phenoxy) is 1. The van der Waals surface area contributed by atoms with E-state index in [1.807, 2.05) is 19.1 Å². The number of hydrogen-bond acceptors (Lipinski definition) is 3. The van der Waals surface area contributed by atoms with Crippen LogP contribution in [0.3, 0.4) is 0 Å². The molecule has 0 heterocycles. The molecular weight excluding hydrogens is 180 g/mol. The molecular formula is C10H20N2O2. The first kappa shape index (κ1) is 13.1. The molecule has 0 aromatic rings. The van der Waals surface area contributed by atoms with Crippen molar-refractivity contribution in [3.8, 4) is 0 Å². The standard InChI is InChI=1S/C10H20N2O2/c1-3-4-6-11-7-5-10(13)12-8-9-14-2/h3-4,11H,5-9H2,1-2H3,(H,12,13)/b4-3+. The van der Waals surface area contributed by atoms with Crippen LogP contribution in [-0.2, 0) is 9.53 Å². The van der Waals surface area contributed by atoms with Gasteiger partial charge in [0.2, 0.25) is 5.91 Å². The quantitative estimate of drug-likeness (QED) is 0.438. The maximum Gasteiger partial charge on any atom is 0.221 e. The fourth-order valence-electron chi connectivity index (χ4n) is 0.886. The molecule has 0 atom stereocenters. The normalized spacial score (nSPS) is 10.7. The molecule has 82 valence electrons. The summed E-state index contributed by atoms with van der Waals surface area (Å²) in [5.41, 5.74) is 0. The minimum Gasteiger partial charge on any atom is -0.383 e. The van der Waals surface area contributed by atoms with E-state index >= 15 is 0 Å². The molecule has 4 nitrogen and oxygen atoms in total. The predicted molar refractivity (Wildman–Crippen MR) is 57.2 cm³/mol. The molecule has 0 aliphatic heterocycles. The summed E-state index contributed by atoms with van der Waals surface area (Å²) < 4.78 is 4.81. The second-order valence-corrected chi connectivity index (χ2v) is 2.87. The first-order chi connectivity index (χ1) is 6.81. The van der Waals surface area contributed by atoms with Crippen molar-refractivity contribution in [3.05, 3.63) is 12.2 Å². The molecule has 0 saturated heterocycles. The average molecular weight is 200 g/mol. The van der Waals surface area contributed by atoms with Crippen LogP contribution in [0, 0.1) is 0 Å². The molecule has 0 fully saturated rings. The summed E-state index contributed by atoms with van der Waals surface area (Å²) in [7, 11) is 1.62. The van der Waals surface area contributed by atoms with Gasteiger partial charge in [-0.1, -0.05) is 12.2 Å². The number of amides is 1. The molecule has 4 heteroatoms. The Hall–Kier alpha value is -0.870. The Labute approximate surface area is 85.7 Å². The highest BCUT2D eigenvalue weighted by Gasteiger charge is 1.98. The summed E-state index contributed by atoms with van der Waals surface area (Å²) in [6.07, 6.45) is 4.51. The number of methoxy groups -OCH3 is 1. The van der Waals surface area contributed by atoms with E-state index in [1.165, 1.54) is 0 Å². The molecule has 0 radical (unpaired) electrons. The van der Waals surface area contributed by atoms with Crippen molar-refractivity contribution in [3.63, 3.8) is 0 Å². The number of nitrogens with one attached hydrogen (secondary N) is 2. The summed E-state index contributed by atoms with van der Waals surface area (Å²) in [5, 5.41) is 5.88. The smallest absolute Gasteiger partial charge is 0.221 e. The van der Waals surface area contributed by atoms with Gasteiger partial charge in [0.1, 0.15) is 0 Å². The summed E-state index contributed by atoms with van der Waals surface area (Å²) >= 11 is 0. The van der Waals surface area contributed by atoms with Gasteiger partial charge in [0.25, 0.3) is 0 Å². The van der Waals surface area contributed by atoms with E-state index in [2.05, 4.69) is 10.6 Å². The molecule has 2 N–H and O–H groups in total. The summed E-state index contributed by atoms with van der Waals surface area (Å²) in [5.74, 6) is 0.0648. The lowest BCUT2D eigenvalue weighted by atomic mass is 10.4. The molecule has 0 aromatic heterocycles. The van der Waals surface area contributed by atoms with Gasteiger partial charge < -0.3 is 15.4 Å². The fraction of sp³-hybridized carbons (Fsp3) is 0.700. The van der Waals surface area contributed by atoms with Crippen LogP contribution in [0.4, 0.5) is 0 Å². The molecule has 1 amide bonds. The molecule has 0 aliphatic carbocycles. The van der Waals surface area contributed by atoms with E-state index in [0.29, 0.717) is 26.1 Å². The van der Waals surface area contributed by atoms with Gasteiger partial charge in [-0.05, 0) is 6.92 Å². The van der Waals surface area contributed by atoms with Gasteiger partial charge in [0.15, 0.2) is 0 Å². The van der Waals surface area contributed by atoms with E-state index in [1.54, 1.807) is 7.11 Å². The van der Waals surface area contributed by atoms with Crippen molar-refractivity contribution in [2.45, 2.75) is 13.3 Å². The summed E-state index contributed by atoms with van der Waals surface area (Å²) in [6.45, 7) is 4.66. The SMILES string of the molecule is C/C=C/CNCCC(=O)NCCOC. The lowest BCUT2D eigenvalue weighted by Crippen LogP contribution is -2.30. The van der Waals surface area contributed by atoms with Crippen molar-refractivity contribution in [1.29, 1.82) is 0 Å². The first-order valence-corrected chi connectivity index (χ1v) is 4.88. The van der Waals surface area contributed by atoms with Gasteiger partial charge in [-0.3, -0.25) is 4.79 Å². The van der Waals surface area contributed by atoms with Crippen LogP contribution >= 0.6 is 0 Å². The van der Waals surface area contributed by atoms with Crippen LogP contribution in [-0.4, -0.2) is 39.3 Å². The third-order valence-corrected chi connectivity index (χ3v) is 1.66. The number of carbonyl (C=O) groups excluding carboxylic acids is 1. The van der Waals surface area contributed by atoms with Gasteiger partial charge in [0, 0.05) is 33.2 Å². The molecule has 0 unspecified atom stereocenters. The van der Waals surface area contributed by atoms with E-state index in [4.69, 9.17) is 4.74 Å². The fourth-order valence-corrected chi connectivity index (χ4v) is 0.886. The minimum absolute atomic E-state index is 0.0648. The maximum absolute atomic E-state index is 11.1. The van der Waals surface area contributed by atoms with Crippen LogP contribution in [0.1, 0.15) is 13.3 Å². The monoisotopic (exact) mass is 200 g/mol. The van der Waals surface area contributed by atoms with Gasteiger partial charge in [0.05, 0.1) is 6.61 Å². The predicted octanol–water partition coefficient (Wildman–Crippen LogP) is 0.305. The Morgan fingerprint density at radius 3 is 2.86 bits per heavy atom. The third kappa shape index (κ3) is 9.22. The zero-order valence-electron chi connectivity index (χ0n) is 9.01. The largest absolute Gasteiger partial charge is 0.383 e.